The lowest BCUT2D eigenvalue weighted by Crippen LogP contribution is -2.30. The minimum atomic E-state index is -0.452. The van der Waals surface area contributed by atoms with Crippen molar-refractivity contribution in [1.82, 2.24) is 19.7 Å². The third-order valence-electron chi connectivity index (χ3n) is 4.02. The van der Waals surface area contributed by atoms with Crippen LogP contribution < -0.4 is 5.76 Å². The number of fused-ring (bicyclic) bond motifs is 1. The van der Waals surface area contributed by atoms with Gasteiger partial charge in [-0.1, -0.05) is 18.2 Å². The van der Waals surface area contributed by atoms with Crippen LogP contribution in [0.15, 0.2) is 51.0 Å². The Labute approximate surface area is 152 Å². The van der Waals surface area contributed by atoms with Gasteiger partial charge in [0.15, 0.2) is 0 Å². The Kier molecular flexibility index (Phi) is 4.24. The number of hydrogen-bond acceptors (Lipinski definition) is 7. The third-order valence-corrected chi connectivity index (χ3v) is 6.09. The smallest absolute Gasteiger partial charge is 0.387 e. The molecule has 0 radical (unpaired) electrons. The zero-order valence-corrected chi connectivity index (χ0v) is 15.4. The lowest BCUT2D eigenvalue weighted by atomic mass is 10.3. The van der Waals surface area contributed by atoms with Crippen molar-refractivity contribution >= 4 is 32.9 Å². The van der Waals surface area contributed by atoms with Crippen LogP contribution in [0, 0.1) is 0 Å². The number of hydrogen-bond donors (Lipinski definition) is 0. The molecule has 0 saturated carbocycles. The zero-order valence-electron chi connectivity index (χ0n) is 13.7. The molecule has 0 N–H and O–H groups in total. The van der Waals surface area contributed by atoms with Crippen molar-refractivity contribution in [2.24, 2.45) is 0 Å². The third kappa shape index (κ3) is 3.15. The number of thiazole rings is 1. The summed E-state index contributed by atoms with van der Waals surface area (Å²) in [6.07, 6.45) is 0. The number of benzene rings is 1. The van der Waals surface area contributed by atoms with Gasteiger partial charge < -0.3 is 4.42 Å². The molecule has 0 bridgehead atoms. The molecule has 0 spiro atoms. The Morgan fingerprint density at radius 2 is 2.12 bits per heavy atom. The van der Waals surface area contributed by atoms with Gasteiger partial charge in [-0.2, -0.15) is 4.68 Å². The fourth-order valence-electron chi connectivity index (χ4n) is 2.49. The summed E-state index contributed by atoms with van der Waals surface area (Å²) in [7, 11) is 1.95. The van der Waals surface area contributed by atoms with Gasteiger partial charge in [0.2, 0.25) is 0 Å². The van der Waals surface area contributed by atoms with Crippen molar-refractivity contribution in [2.75, 3.05) is 7.05 Å². The Morgan fingerprint density at radius 3 is 2.88 bits per heavy atom. The first-order valence-electron chi connectivity index (χ1n) is 7.79. The molecule has 0 saturated heterocycles. The second-order valence-electron chi connectivity index (χ2n) is 5.74. The molecular formula is C17H16N4O2S2. The van der Waals surface area contributed by atoms with Crippen LogP contribution >= 0.6 is 22.7 Å². The first-order valence-corrected chi connectivity index (χ1v) is 9.49. The molecule has 0 unspecified atom stereocenters. The van der Waals surface area contributed by atoms with Gasteiger partial charge in [-0.25, -0.2) is 9.78 Å². The number of rotatable bonds is 5. The van der Waals surface area contributed by atoms with Crippen LogP contribution in [-0.2, 0) is 6.67 Å². The Bertz CT molecular complexity index is 1020. The maximum atomic E-state index is 12.1. The predicted octanol–water partition coefficient (Wildman–Crippen LogP) is 3.83. The quantitative estimate of drug-likeness (QED) is 0.533. The van der Waals surface area contributed by atoms with E-state index >= 15 is 0 Å². The van der Waals surface area contributed by atoms with E-state index in [2.05, 4.69) is 18.1 Å². The van der Waals surface area contributed by atoms with Gasteiger partial charge in [0, 0.05) is 0 Å². The van der Waals surface area contributed by atoms with E-state index in [1.54, 1.807) is 11.3 Å². The molecule has 3 heterocycles. The number of nitrogens with zero attached hydrogens (tertiary/aromatic N) is 4. The van der Waals surface area contributed by atoms with E-state index in [4.69, 9.17) is 9.40 Å². The summed E-state index contributed by atoms with van der Waals surface area (Å²) in [5.74, 6) is -0.0900. The number of aromatic nitrogens is 3. The standard InChI is InChI=1S/C17H16N4O2S2/c1-11(16-18-12-6-3-4-7-13(12)25-16)20(2)10-21-17(22)23-15(19-21)14-8-5-9-24-14/h3-9,11H,10H2,1-2H3/t11-/m0/s1. The topological polar surface area (TPSA) is 64.2 Å². The lowest BCUT2D eigenvalue weighted by Gasteiger charge is -2.21. The molecule has 0 aliphatic carbocycles. The molecule has 3 aromatic heterocycles. The molecule has 0 aliphatic rings. The molecule has 8 heteroatoms. The molecule has 0 amide bonds. The van der Waals surface area contributed by atoms with Crippen molar-refractivity contribution < 1.29 is 4.42 Å². The van der Waals surface area contributed by atoms with E-state index < -0.39 is 5.76 Å². The summed E-state index contributed by atoms with van der Waals surface area (Å²) in [6.45, 7) is 2.41. The highest BCUT2D eigenvalue weighted by molar-refractivity contribution is 7.18. The Balaban J connectivity index is 1.55. The second-order valence-corrected chi connectivity index (χ2v) is 7.75. The Morgan fingerprint density at radius 1 is 1.28 bits per heavy atom. The van der Waals surface area contributed by atoms with Crippen LogP contribution in [0.4, 0.5) is 0 Å². The molecule has 25 heavy (non-hydrogen) atoms. The van der Waals surface area contributed by atoms with E-state index in [0.29, 0.717) is 12.6 Å². The summed E-state index contributed by atoms with van der Waals surface area (Å²) in [4.78, 5) is 19.6. The lowest BCUT2D eigenvalue weighted by molar-refractivity contribution is 0.189. The van der Waals surface area contributed by atoms with Crippen LogP contribution in [0.2, 0.25) is 0 Å². The first-order chi connectivity index (χ1) is 12.1. The van der Waals surface area contributed by atoms with Crippen molar-refractivity contribution in [1.29, 1.82) is 0 Å². The maximum absolute atomic E-state index is 12.1. The van der Waals surface area contributed by atoms with Crippen LogP contribution in [0.3, 0.4) is 0 Å². The summed E-state index contributed by atoms with van der Waals surface area (Å²) in [6, 6.07) is 11.9. The molecule has 0 fully saturated rings. The van der Waals surface area contributed by atoms with Crippen molar-refractivity contribution in [2.45, 2.75) is 19.6 Å². The molecule has 6 nitrogen and oxygen atoms in total. The number of thiophene rings is 1. The van der Waals surface area contributed by atoms with Gasteiger partial charge in [0.1, 0.15) is 11.7 Å². The predicted molar refractivity (Wildman–Crippen MR) is 99.9 cm³/mol. The molecule has 0 aliphatic heterocycles. The zero-order chi connectivity index (χ0) is 17.4. The van der Waals surface area contributed by atoms with E-state index in [1.165, 1.54) is 16.0 Å². The normalized spacial score (nSPS) is 12.9. The highest BCUT2D eigenvalue weighted by atomic mass is 32.1. The van der Waals surface area contributed by atoms with Gasteiger partial charge in [0.05, 0.1) is 21.1 Å². The molecule has 128 valence electrons. The number of para-hydroxylation sites is 1. The molecule has 1 aromatic carbocycles. The van der Waals surface area contributed by atoms with Gasteiger partial charge in [-0.3, -0.25) is 4.90 Å². The summed E-state index contributed by atoms with van der Waals surface area (Å²) in [5, 5.41) is 7.24. The van der Waals surface area contributed by atoms with E-state index in [0.717, 1.165) is 20.1 Å². The fraction of sp³-hybridized carbons (Fsp3) is 0.235. The average molecular weight is 372 g/mol. The van der Waals surface area contributed by atoms with Crippen molar-refractivity contribution in [3.63, 3.8) is 0 Å². The molecule has 4 aromatic rings. The first kappa shape index (κ1) is 16.2. The highest BCUT2D eigenvalue weighted by Gasteiger charge is 2.19. The Hall–Kier alpha value is -2.29. The second kappa shape index (κ2) is 6.55. The van der Waals surface area contributed by atoms with Crippen LogP contribution in [0.5, 0.6) is 0 Å². The van der Waals surface area contributed by atoms with Crippen molar-refractivity contribution in [3.05, 3.63) is 57.3 Å². The van der Waals surface area contributed by atoms with E-state index in [1.807, 2.05) is 47.7 Å². The highest BCUT2D eigenvalue weighted by Crippen LogP contribution is 2.29. The van der Waals surface area contributed by atoms with Crippen LogP contribution in [0.1, 0.15) is 18.0 Å². The van der Waals surface area contributed by atoms with Gasteiger partial charge >= 0.3 is 5.76 Å². The summed E-state index contributed by atoms with van der Waals surface area (Å²) >= 11 is 3.16. The molecule has 4 rings (SSSR count). The van der Waals surface area contributed by atoms with Crippen molar-refractivity contribution in [3.8, 4) is 10.8 Å². The van der Waals surface area contributed by atoms with Gasteiger partial charge in [-0.05, 0) is 37.6 Å². The largest absolute Gasteiger partial charge is 0.438 e. The summed E-state index contributed by atoms with van der Waals surface area (Å²) in [5.41, 5.74) is 1.00. The maximum Gasteiger partial charge on any atom is 0.438 e. The minimum Gasteiger partial charge on any atom is -0.387 e. The molecule has 1 atom stereocenters. The minimum absolute atomic E-state index is 0.0613. The summed E-state index contributed by atoms with van der Waals surface area (Å²) < 4.78 is 7.77. The van der Waals surface area contributed by atoms with Gasteiger partial charge in [-0.15, -0.1) is 27.8 Å². The fourth-order valence-corrected chi connectivity index (χ4v) is 4.22. The monoisotopic (exact) mass is 372 g/mol. The van der Waals surface area contributed by atoms with Crippen LogP contribution in [0.25, 0.3) is 21.0 Å². The average Bonchev–Trinajstić information content (AvgIpc) is 3.33. The van der Waals surface area contributed by atoms with Crippen LogP contribution in [-0.4, -0.2) is 26.7 Å². The van der Waals surface area contributed by atoms with Gasteiger partial charge in [0.25, 0.3) is 5.89 Å². The SMILES string of the molecule is C[C@@H](c1nc2ccccc2s1)N(C)Cn1nc(-c2cccs2)oc1=O. The van der Waals surface area contributed by atoms with E-state index in [-0.39, 0.29) is 6.04 Å². The van der Waals surface area contributed by atoms with E-state index in [9.17, 15) is 4.79 Å². The molecular weight excluding hydrogens is 356 g/mol.